The molecule has 0 radical (unpaired) electrons. The van der Waals surface area contributed by atoms with Crippen LogP contribution in [0.2, 0.25) is 0 Å². The van der Waals surface area contributed by atoms with Gasteiger partial charge in [0.15, 0.2) is 11.5 Å². The first-order valence-electron chi connectivity index (χ1n) is 6.59. The zero-order valence-electron chi connectivity index (χ0n) is 12.0. The second kappa shape index (κ2) is 7.28. The minimum atomic E-state index is -0.282. The molecule has 1 N–H and O–H groups in total. The lowest BCUT2D eigenvalue weighted by molar-refractivity contribution is 0.311. The summed E-state index contributed by atoms with van der Waals surface area (Å²) in [6.45, 7) is 2.47. The van der Waals surface area contributed by atoms with Crippen LogP contribution in [0.25, 0.3) is 0 Å². The summed E-state index contributed by atoms with van der Waals surface area (Å²) < 4.78 is 23.6. The summed E-state index contributed by atoms with van der Waals surface area (Å²) in [5, 5.41) is 4.12. The van der Waals surface area contributed by atoms with Crippen LogP contribution in [0, 0.1) is 5.82 Å². The van der Waals surface area contributed by atoms with Gasteiger partial charge in [0.05, 0.1) is 25.6 Å². The highest BCUT2D eigenvalue weighted by Crippen LogP contribution is 2.29. The molecule has 0 heterocycles. The zero-order chi connectivity index (χ0) is 15.1. The van der Waals surface area contributed by atoms with Crippen molar-refractivity contribution in [2.24, 2.45) is 5.10 Å². The summed E-state index contributed by atoms with van der Waals surface area (Å²) in [5.41, 5.74) is 4.32. The number of nitrogens with zero attached hydrogens (tertiary/aromatic N) is 1. The fourth-order valence-corrected chi connectivity index (χ4v) is 1.82. The number of hydrogen-bond acceptors (Lipinski definition) is 4. The van der Waals surface area contributed by atoms with Crippen LogP contribution in [0.5, 0.6) is 11.5 Å². The predicted molar refractivity (Wildman–Crippen MR) is 81.8 cm³/mol. The van der Waals surface area contributed by atoms with Gasteiger partial charge in [-0.2, -0.15) is 5.10 Å². The van der Waals surface area contributed by atoms with Gasteiger partial charge in [-0.05, 0) is 43.3 Å². The SMILES string of the molecule is CCOc1cccc(/C=N/Nc2ccc(F)cc2)c1OC. The van der Waals surface area contributed by atoms with E-state index in [1.807, 2.05) is 25.1 Å². The molecule has 2 aromatic carbocycles. The molecule has 0 atom stereocenters. The highest BCUT2D eigenvalue weighted by atomic mass is 19.1. The highest BCUT2D eigenvalue weighted by molar-refractivity contribution is 5.85. The fraction of sp³-hybridized carbons (Fsp3) is 0.188. The molecule has 0 unspecified atom stereocenters. The Balaban J connectivity index is 2.13. The van der Waals surface area contributed by atoms with Crippen LogP contribution in [-0.4, -0.2) is 19.9 Å². The zero-order valence-corrected chi connectivity index (χ0v) is 12.0. The normalized spacial score (nSPS) is 10.6. The Bertz CT molecular complexity index is 612. The summed E-state index contributed by atoms with van der Waals surface area (Å²) in [5.74, 6) is 1.02. The molecule has 0 spiro atoms. The largest absolute Gasteiger partial charge is 0.492 e. The first-order valence-corrected chi connectivity index (χ1v) is 6.59. The monoisotopic (exact) mass is 288 g/mol. The molecule has 4 nitrogen and oxygen atoms in total. The van der Waals surface area contributed by atoms with Crippen LogP contribution >= 0.6 is 0 Å². The van der Waals surface area contributed by atoms with Gasteiger partial charge in [0.2, 0.25) is 0 Å². The van der Waals surface area contributed by atoms with Gasteiger partial charge >= 0.3 is 0 Å². The molecule has 0 saturated heterocycles. The number of rotatable bonds is 6. The van der Waals surface area contributed by atoms with E-state index >= 15 is 0 Å². The van der Waals surface area contributed by atoms with Crippen molar-refractivity contribution in [2.75, 3.05) is 19.1 Å². The van der Waals surface area contributed by atoms with Crippen molar-refractivity contribution in [3.8, 4) is 11.5 Å². The molecule has 0 aromatic heterocycles. The Kier molecular flexibility index (Phi) is 5.15. The van der Waals surface area contributed by atoms with Crippen LogP contribution in [0.1, 0.15) is 12.5 Å². The van der Waals surface area contributed by atoms with Gasteiger partial charge in [-0.1, -0.05) is 6.07 Å². The van der Waals surface area contributed by atoms with E-state index in [4.69, 9.17) is 9.47 Å². The van der Waals surface area contributed by atoms with Crippen molar-refractivity contribution in [2.45, 2.75) is 6.92 Å². The third kappa shape index (κ3) is 3.95. The third-order valence-electron chi connectivity index (χ3n) is 2.75. The maximum absolute atomic E-state index is 12.8. The number of hydrogen-bond donors (Lipinski definition) is 1. The van der Waals surface area contributed by atoms with Crippen LogP contribution in [0.15, 0.2) is 47.6 Å². The van der Waals surface area contributed by atoms with Crippen molar-refractivity contribution in [3.05, 3.63) is 53.8 Å². The Hall–Kier alpha value is -2.56. The Morgan fingerprint density at radius 3 is 2.62 bits per heavy atom. The number of benzene rings is 2. The third-order valence-corrected chi connectivity index (χ3v) is 2.75. The molecule has 110 valence electrons. The number of halogens is 1. The first-order chi connectivity index (χ1) is 10.2. The van der Waals surface area contributed by atoms with Crippen LogP contribution in [-0.2, 0) is 0 Å². The number of nitrogens with one attached hydrogen (secondary N) is 1. The maximum atomic E-state index is 12.8. The van der Waals surface area contributed by atoms with Gasteiger partial charge in [-0.15, -0.1) is 0 Å². The number of para-hydroxylation sites is 1. The number of hydrazone groups is 1. The average molecular weight is 288 g/mol. The molecule has 21 heavy (non-hydrogen) atoms. The minimum Gasteiger partial charge on any atom is -0.492 e. The molecule has 0 bridgehead atoms. The second-order valence-corrected chi connectivity index (χ2v) is 4.19. The van der Waals surface area contributed by atoms with E-state index in [1.165, 1.54) is 12.1 Å². The molecule has 0 amide bonds. The van der Waals surface area contributed by atoms with Crippen molar-refractivity contribution in [1.82, 2.24) is 0 Å². The average Bonchev–Trinajstić information content (AvgIpc) is 2.50. The predicted octanol–water partition coefficient (Wildman–Crippen LogP) is 3.68. The van der Waals surface area contributed by atoms with Crippen LogP contribution < -0.4 is 14.9 Å². The van der Waals surface area contributed by atoms with E-state index in [0.717, 1.165) is 5.56 Å². The highest BCUT2D eigenvalue weighted by Gasteiger charge is 2.07. The van der Waals surface area contributed by atoms with E-state index in [0.29, 0.717) is 23.8 Å². The van der Waals surface area contributed by atoms with Crippen molar-refractivity contribution < 1.29 is 13.9 Å². The van der Waals surface area contributed by atoms with Crippen molar-refractivity contribution >= 4 is 11.9 Å². The molecule has 0 aliphatic heterocycles. The van der Waals surface area contributed by atoms with Gasteiger partial charge in [-0.25, -0.2) is 4.39 Å². The fourth-order valence-electron chi connectivity index (χ4n) is 1.82. The lowest BCUT2D eigenvalue weighted by Gasteiger charge is -2.11. The van der Waals surface area contributed by atoms with E-state index in [-0.39, 0.29) is 5.82 Å². The Morgan fingerprint density at radius 2 is 1.95 bits per heavy atom. The molecule has 2 rings (SSSR count). The number of methoxy groups -OCH3 is 1. The molecule has 5 heteroatoms. The quantitative estimate of drug-likeness (QED) is 0.651. The van der Waals surface area contributed by atoms with Gasteiger partial charge in [0.1, 0.15) is 5.82 Å². The smallest absolute Gasteiger partial charge is 0.169 e. The van der Waals surface area contributed by atoms with E-state index in [2.05, 4.69) is 10.5 Å². The number of ether oxygens (including phenoxy) is 2. The van der Waals surface area contributed by atoms with E-state index in [1.54, 1.807) is 25.5 Å². The maximum Gasteiger partial charge on any atom is 0.169 e. The molecule has 0 aliphatic carbocycles. The summed E-state index contributed by atoms with van der Waals surface area (Å²) >= 11 is 0. The Labute approximate surface area is 123 Å². The number of anilines is 1. The van der Waals surface area contributed by atoms with E-state index < -0.39 is 0 Å². The molecular weight excluding hydrogens is 271 g/mol. The van der Waals surface area contributed by atoms with Gasteiger partial charge < -0.3 is 9.47 Å². The van der Waals surface area contributed by atoms with E-state index in [9.17, 15) is 4.39 Å². The lowest BCUT2D eigenvalue weighted by atomic mass is 10.2. The van der Waals surface area contributed by atoms with Gasteiger partial charge in [0.25, 0.3) is 0 Å². The second-order valence-electron chi connectivity index (χ2n) is 4.19. The summed E-state index contributed by atoms with van der Waals surface area (Å²) in [7, 11) is 1.59. The lowest BCUT2D eigenvalue weighted by Crippen LogP contribution is -1.99. The molecule has 0 fully saturated rings. The molecular formula is C16H17FN2O2. The van der Waals surface area contributed by atoms with Gasteiger partial charge in [0, 0.05) is 5.56 Å². The topological polar surface area (TPSA) is 42.8 Å². The minimum absolute atomic E-state index is 0.282. The van der Waals surface area contributed by atoms with Gasteiger partial charge in [-0.3, -0.25) is 5.43 Å². The molecule has 0 saturated carbocycles. The van der Waals surface area contributed by atoms with Crippen molar-refractivity contribution in [3.63, 3.8) is 0 Å². The van der Waals surface area contributed by atoms with Crippen LogP contribution in [0.3, 0.4) is 0 Å². The Morgan fingerprint density at radius 1 is 1.19 bits per heavy atom. The molecule has 2 aromatic rings. The summed E-state index contributed by atoms with van der Waals surface area (Å²) in [4.78, 5) is 0. The standard InChI is InChI=1S/C16H17FN2O2/c1-3-21-15-6-4-5-12(16(15)20-2)11-18-19-14-9-7-13(17)8-10-14/h4-11,19H,3H2,1-2H3/b18-11+. The van der Waals surface area contributed by atoms with Crippen molar-refractivity contribution in [1.29, 1.82) is 0 Å². The summed E-state index contributed by atoms with van der Waals surface area (Å²) in [6, 6.07) is 11.5. The first kappa shape index (κ1) is 14.8. The summed E-state index contributed by atoms with van der Waals surface area (Å²) in [6.07, 6.45) is 1.63. The van der Waals surface area contributed by atoms with Crippen LogP contribution in [0.4, 0.5) is 10.1 Å². The molecule has 0 aliphatic rings.